The monoisotopic (exact) mass is 213 g/mol. The highest BCUT2D eigenvalue weighted by Crippen LogP contribution is 2.14. The van der Waals surface area contributed by atoms with Gasteiger partial charge in [-0.05, 0) is 30.5 Å². The van der Waals surface area contributed by atoms with Crippen molar-refractivity contribution < 1.29 is 0 Å². The maximum Gasteiger partial charge on any atom is 0.0385 e. The summed E-state index contributed by atoms with van der Waals surface area (Å²) in [4.78, 5) is 4.14. The van der Waals surface area contributed by atoms with Crippen LogP contribution in [0.25, 0.3) is 0 Å². The van der Waals surface area contributed by atoms with E-state index in [0.29, 0.717) is 0 Å². The second-order valence-electron chi connectivity index (χ2n) is 3.27. The van der Waals surface area contributed by atoms with Crippen molar-refractivity contribution in [1.29, 1.82) is 0 Å². The Morgan fingerprint density at radius 2 is 2.33 bits per heavy atom. The summed E-state index contributed by atoms with van der Waals surface area (Å²) in [5, 5.41) is 2.09. The first kappa shape index (κ1) is 10.1. The number of hydrogen-bond donors (Lipinski definition) is 0. The van der Waals surface area contributed by atoms with Crippen LogP contribution in [0.15, 0.2) is 41.5 Å². The van der Waals surface area contributed by atoms with Gasteiger partial charge < -0.3 is 0 Å². The van der Waals surface area contributed by atoms with Crippen LogP contribution in [0.2, 0.25) is 0 Å². The molecule has 0 spiro atoms. The van der Waals surface area contributed by atoms with Crippen molar-refractivity contribution in [2.75, 3.05) is 5.75 Å². The van der Waals surface area contributed by atoms with Crippen LogP contribution < -0.4 is 0 Å². The molecule has 0 saturated carbocycles. The van der Waals surface area contributed by atoms with Crippen molar-refractivity contribution >= 4 is 11.8 Å². The molecule has 0 aromatic carbocycles. The van der Waals surface area contributed by atoms with Crippen LogP contribution in [-0.4, -0.2) is 10.7 Å². The molecule has 0 fully saturated rings. The number of rotatable bonds is 0. The third-order valence-corrected chi connectivity index (χ3v) is 2.80. The first-order valence-electron chi connectivity index (χ1n) is 4.76. The Labute approximate surface area is 94.3 Å². The van der Waals surface area contributed by atoms with E-state index in [0.717, 1.165) is 17.0 Å². The predicted molar refractivity (Wildman–Crippen MR) is 65.5 cm³/mol. The predicted octanol–water partition coefficient (Wildman–Crippen LogP) is 2.93. The van der Waals surface area contributed by atoms with Crippen molar-refractivity contribution in [2.45, 2.75) is 6.92 Å². The molecule has 1 aliphatic heterocycles. The van der Waals surface area contributed by atoms with Gasteiger partial charge >= 0.3 is 0 Å². The number of nitrogens with zero attached hydrogens (tertiary/aromatic N) is 1. The fourth-order valence-corrected chi connectivity index (χ4v) is 1.88. The summed E-state index contributed by atoms with van der Waals surface area (Å²) in [5.41, 5.74) is 3.22. The molecule has 1 aliphatic rings. The van der Waals surface area contributed by atoms with Crippen molar-refractivity contribution in [3.05, 3.63) is 52.7 Å². The van der Waals surface area contributed by atoms with Gasteiger partial charge in [-0.2, -0.15) is 0 Å². The third kappa shape index (κ3) is 3.00. The fourth-order valence-electron chi connectivity index (χ4n) is 1.25. The van der Waals surface area contributed by atoms with E-state index in [9.17, 15) is 0 Å². The van der Waals surface area contributed by atoms with Gasteiger partial charge in [-0.25, -0.2) is 0 Å². The number of aromatic nitrogens is 1. The molecule has 0 atom stereocenters. The minimum Gasteiger partial charge on any atom is -0.262 e. The Kier molecular flexibility index (Phi) is 3.26. The molecule has 0 saturated heterocycles. The maximum absolute atomic E-state index is 4.14. The Bertz CT molecular complexity index is 475. The maximum atomic E-state index is 4.14. The molecule has 0 radical (unpaired) electrons. The quantitative estimate of drug-likeness (QED) is 0.615. The minimum absolute atomic E-state index is 0.980. The standard InChI is InChI=1S/C13H11NS/c1-11-9-12(6-7-14-11)4-5-13-3-2-8-15-10-13/h2-3,6-9H,10H2,1H3. The van der Waals surface area contributed by atoms with Crippen LogP contribution >= 0.6 is 11.8 Å². The van der Waals surface area contributed by atoms with Crippen LogP contribution in [0.4, 0.5) is 0 Å². The third-order valence-electron chi connectivity index (χ3n) is 1.98. The Hall–Kier alpha value is -1.46. The lowest BCUT2D eigenvalue weighted by molar-refractivity contribution is 1.19. The molecule has 2 heterocycles. The van der Waals surface area contributed by atoms with E-state index in [-0.39, 0.29) is 0 Å². The lowest BCUT2D eigenvalue weighted by Gasteiger charge is -1.99. The van der Waals surface area contributed by atoms with E-state index in [2.05, 4.69) is 28.3 Å². The van der Waals surface area contributed by atoms with Crippen LogP contribution in [0.3, 0.4) is 0 Å². The molecule has 1 nitrogen and oxygen atoms in total. The van der Waals surface area contributed by atoms with Gasteiger partial charge in [0.2, 0.25) is 0 Å². The normalized spacial score (nSPS) is 14.1. The van der Waals surface area contributed by atoms with E-state index in [1.807, 2.05) is 25.1 Å². The molecule has 1 aromatic rings. The van der Waals surface area contributed by atoms with Crippen molar-refractivity contribution in [2.24, 2.45) is 0 Å². The molecular formula is C13H11NS. The zero-order valence-corrected chi connectivity index (χ0v) is 9.34. The number of allylic oxidation sites excluding steroid dienone is 2. The van der Waals surface area contributed by atoms with Gasteiger partial charge in [0.1, 0.15) is 0 Å². The SMILES string of the molecule is Cc1cc(C#CC2=CC=CSC2)ccn1. The highest BCUT2D eigenvalue weighted by atomic mass is 32.2. The zero-order valence-electron chi connectivity index (χ0n) is 8.53. The van der Waals surface area contributed by atoms with Gasteiger partial charge in [-0.3, -0.25) is 4.98 Å². The molecule has 0 N–H and O–H groups in total. The van der Waals surface area contributed by atoms with Gasteiger partial charge in [0.25, 0.3) is 0 Å². The summed E-state index contributed by atoms with van der Waals surface area (Å²) in [7, 11) is 0. The highest BCUT2D eigenvalue weighted by molar-refractivity contribution is 8.02. The average molecular weight is 213 g/mol. The lowest BCUT2D eigenvalue weighted by Crippen LogP contribution is -1.86. The largest absolute Gasteiger partial charge is 0.262 e. The van der Waals surface area contributed by atoms with E-state index >= 15 is 0 Å². The molecule has 0 amide bonds. The molecule has 74 valence electrons. The van der Waals surface area contributed by atoms with Crippen LogP contribution in [0.1, 0.15) is 11.3 Å². The minimum atomic E-state index is 0.980. The summed E-state index contributed by atoms with van der Waals surface area (Å²) >= 11 is 1.78. The Morgan fingerprint density at radius 3 is 3.07 bits per heavy atom. The second kappa shape index (κ2) is 4.86. The zero-order chi connectivity index (χ0) is 10.5. The first-order valence-corrected chi connectivity index (χ1v) is 5.81. The molecule has 0 unspecified atom stereocenters. The molecule has 2 heteroatoms. The fraction of sp³-hybridized carbons (Fsp3) is 0.154. The van der Waals surface area contributed by atoms with E-state index in [1.165, 1.54) is 5.57 Å². The summed E-state index contributed by atoms with van der Waals surface area (Å²) in [6.45, 7) is 1.98. The average Bonchev–Trinajstić information content (AvgIpc) is 2.28. The summed E-state index contributed by atoms with van der Waals surface area (Å²) in [5.74, 6) is 7.31. The van der Waals surface area contributed by atoms with Gasteiger partial charge in [0.15, 0.2) is 0 Å². The molecule has 0 aliphatic carbocycles. The van der Waals surface area contributed by atoms with Gasteiger partial charge in [-0.1, -0.05) is 17.9 Å². The van der Waals surface area contributed by atoms with E-state index in [1.54, 1.807) is 18.0 Å². The Morgan fingerprint density at radius 1 is 1.40 bits per heavy atom. The van der Waals surface area contributed by atoms with E-state index < -0.39 is 0 Å². The second-order valence-corrected chi connectivity index (χ2v) is 4.16. The molecule has 0 bridgehead atoms. The van der Waals surface area contributed by atoms with Crippen molar-refractivity contribution in [3.63, 3.8) is 0 Å². The van der Waals surface area contributed by atoms with Gasteiger partial charge in [-0.15, -0.1) is 11.8 Å². The van der Waals surface area contributed by atoms with Gasteiger partial charge in [0, 0.05) is 28.8 Å². The molecule has 2 rings (SSSR count). The number of aryl methyl sites for hydroxylation is 1. The van der Waals surface area contributed by atoms with Crippen LogP contribution in [0, 0.1) is 18.8 Å². The summed E-state index contributed by atoms with van der Waals surface area (Å²) < 4.78 is 0. The summed E-state index contributed by atoms with van der Waals surface area (Å²) in [6.07, 6.45) is 5.90. The highest BCUT2D eigenvalue weighted by Gasteiger charge is 1.95. The number of pyridine rings is 1. The lowest BCUT2D eigenvalue weighted by atomic mass is 10.2. The molecule has 1 aromatic heterocycles. The van der Waals surface area contributed by atoms with Crippen molar-refractivity contribution in [3.8, 4) is 11.8 Å². The number of thioether (sulfide) groups is 1. The van der Waals surface area contributed by atoms with Crippen LogP contribution in [0.5, 0.6) is 0 Å². The molecule has 15 heavy (non-hydrogen) atoms. The molecular weight excluding hydrogens is 202 g/mol. The number of hydrogen-bond acceptors (Lipinski definition) is 2. The Balaban J connectivity index is 2.18. The van der Waals surface area contributed by atoms with Gasteiger partial charge in [0.05, 0.1) is 0 Å². The van der Waals surface area contributed by atoms with E-state index in [4.69, 9.17) is 0 Å². The smallest absolute Gasteiger partial charge is 0.0385 e. The summed E-state index contributed by atoms with van der Waals surface area (Å²) in [6, 6.07) is 3.94. The topological polar surface area (TPSA) is 12.9 Å². The van der Waals surface area contributed by atoms with Crippen molar-refractivity contribution in [1.82, 2.24) is 4.98 Å². The van der Waals surface area contributed by atoms with Crippen LogP contribution in [-0.2, 0) is 0 Å². The first-order chi connectivity index (χ1) is 7.34.